The highest BCUT2D eigenvalue weighted by Gasteiger charge is 2.16. The zero-order valence-electron chi connectivity index (χ0n) is 10.4. The Labute approximate surface area is 110 Å². The van der Waals surface area contributed by atoms with Crippen LogP contribution < -0.4 is 4.74 Å². The quantitative estimate of drug-likeness (QED) is 0.833. The van der Waals surface area contributed by atoms with E-state index in [2.05, 4.69) is 11.2 Å². The number of nitrogens with zero attached hydrogens (tertiary/aromatic N) is 3. The number of aromatic nitrogens is 2. The molecule has 0 N–H and O–H groups in total. The van der Waals surface area contributed by atoms with Gasteiger partial charge in [0.1, 0.15) is 17.4 Å². The lowest BCUT2D eigenvalue weighted by molar-refractivity contribution is 0.429. The van der Waals surface area contributed by atoms with Crippen molar-refractivity contribution < 1.29 is 4.74 Å². The molecule has 0 aliphatic carbocycles. The first-order chi connectivity index (χ1) is 8.52. The van der Waals surface area contributed by atoms with E-state index in [-0.39, 0.29) is 0 Å². The van der Waals surface area contributed by atoms with Crippen molar-refractivity contribution in [3.05, 3.63) is 40.0 Å². The lowest BCUT2D eigenvalue weighted by atomic mass is 10.2. The number of benzene rings is 1. The normalized spacial score (nSPS) is 10.2. The molecule has 5 heteroatoms. The van der Waals surface area contributed by atoms with Crippen LogP contribution in [0.1, 0.15) is 16.8 Å². The average Bonchev–Trinajstić information content (AvgIpc) is 2.57. The number of aryl methyl sites for hydroxylation is 3. The molecule has 0 fully saturated rings. The lowest BCUT2D eigenvalue weighted by Gasteiger charge is -2.08. The Hall–Kier alpha value is -1.99. The van der Waals surface area contributed by atoms with Crippen LogP contribution in [0.5, 0.6) is 11.6 Å². The molecular weight excluding hydrogens is 250 g/mol. The zero-order chi connectivity index (χ0) is 13.3. The second-order valence-corrected chi connectivity index (χ2v) is 4.44. The van der Waals surface area contributed by atoms with E-state index < -0.39 is 0 Å². The van der Waals surface area contributed by atoms with E-state index in [9.17, 15) is 0 Å². The standard InChI is InChI=1S/C13H12ClN3O/c1-8-4-5-12(11(14)6-8)18-13-10(7-15)9(2)16-17(13)3/h4-6H,1-3H3. The minimum Gasteiger partial charge on any atom is -0.436 e. The summed E-state index contributed by atoms with van der Waals surface area (Å²) in [6.07, 6.45) is 0. The van der Waals surface area contributed by atoms with E-state index in [1.807, 2.05) is 19.1 Å². The van der Waals surface area contributed by atoms with Gasteiger partial charge in [0.05, 0.1) is 10.7 Å². The van der Waals surface area contributed by atoms with Gasteiger partial charge in [-0.05, 0) is 31.5 Å². The van der Waals surface area contributed by atoms with E-state index in [1.165, 1.54) is 4.68 Å². The van der Waals surface area contributed by atoms with Gasteiger partial charge in [-0.1, -0.05) is 17.7 Å². The second-order valence-electron chi connectivity index (χ2n) is 4.04. The summed E-state index contributed by atoms with van der Waals surface area (Å²) in [5.74, 6) is 0.919. The Bertz CT molecular complexity index is 640. The molecule has 1 aromatic carbocycles. The topological polar surface area (TPSA) is 50.8 Å². The Morgan fingerprint density at radius 3 is 2.72 bits per heavy atom. The van der Waals surface area contributed by atoms with Gasteiger partial charge in [-0.25, -0.2) is 4.68 Å². The first-order valence-electron chi connectivity index (χ1n) is 5.40. The van der Waals surface area contributed by atoms with Gasteiger partial charge >= 0.3 is 0 Å². The van der Waals surface area contributed by atoms with Crippen LogP contribution in [0.3, 0.4) is 0 Å². The molecule has 0 aliphatic rings. The first kappa shape index (κ1) is 12.5. The predicted octanol–water partition coefficient (Wildman–Crippen LogP) is 3.35. The number of ether oxygens (including phenoxy) is 1. The lowest BCUT2D eigenvalue weighted by Crippen LogP contribution is -1.96. The summed E-state index contributed by atoms with van der Waals surface area (Å²) in [7, 11) is 1.73. The molecule has 0 saturated carbocycles. The van der Waals surface area contributed by atoms with Crippen LogP contribution in [0.15, 0.2) is 18.2 Å². The third kappa shape index (κ3) is 2.18. The fourth-order valence-electron chi connectivity index (χ4n) is 1.68. The highest BCUT2D eigenvalue weighted by molar-refractivity contribution is 6.32. The molecule has 0 amide bonds. The summed E-state index contributed by atoms with van der Waals surface area (Å²) >= 11 is 6.10. The van der Waals surface area contributed by atoms with Gasteiger partial charge < -0.3 is 4.74 Å². The third-order valence-electron chi connectivity index (χ3n) is 2.58. The monoisotopic (exact) mass is 261 g/mol. The Morgan fingerprint density at radius 1 is 1.39 bits per heavy atom. The van der Waals surface area contributed by atoms with Crippen LogP contribution >= 0.6 is 11.6 Å². The molecular formula is C13H12ClN3O. The number of rotatable bonds is 2. The van der Waals surface area contributed by atoms with E-state index in [1.54, 1.807) is 20.0 Å². The van der Waals surface area contributed by atoms with Crippen molar-refractivity contribution in [1.82, 2.24) is 9.78 Å². The van der Waals surface area contributed by atoms with Crippen LogP contribution in [-0.4, -0.2) is 9.78 Å². The molecule has 0 bridgehead atoms. The van der Waals surface area contributed by atoms with Crippen molar-refractivity contribution in [2.45, 2.75) is 13.8 Å². The summed E-state index contributed by atoms with van der Waals surface area (Å²) in [5.41, 5.74) is 2.11. The van der Waals surface area contributed by atoms with Crippen LogP contribution in [0.4, 0.5) is 0 Å². The maximum Gasteiger partial charge on any atom is 0.235 e. The summed E-state index contributed by atoms with van der Waals surface area (Å²) in [6.45, 7) is 3.72. The van der Waals surface area contributed by atoms with Crippen molar-refractivity contribution in [3.8, 4) is 17.7 Å². The van der Waals surface area contributed by atoms with Crippen LogP contribution in [0.2, 0.25) is 5.02 Å². The number of hydrogen-bond donors (Lipinski definition) is 0. The van der Waals surface area contributed by atoms with Gasteiger partial charge in [0.25, 0.3) is 0 Å². The van der Waals surface area contributed by atoms with Gasteiger partial charge in [-0.15, -0.1) is 0 Å². The molecule has 18 heavy (non-hydrogen) atoms. The zero-order valence-corrected chi connectivity index (χ0v) is 11.1. The number of hydrogen-bond acceptors (Lipinski definition) is 3. The van der Waals surface area contributed by atoms with E-state index in [0.717, 1.165) is 5.56 Å². The molecule has 4 nitrogen and oxygen atoms in total. The molecule has 0 saturated heterocycles. The molecule has 0 atom stereocenters. The van der Waals surface area contributed by atoms with Crippen molar-refractivity contribution >= 4 is 11.6 Å². The predicted molar refractivity (Wildman–Crippen MR) is 68.9 cm³/mol. The Kier molecular flexibility index (Phi) is 3.26. The molecule has 2 aromatic rings. The summed E-state index contributed by atoms with van der Waals surface area (Å²) in [6, 6.07) is 7.57. The Balaban J connectivity index is 2.43. The molecule has 1 aromatic heterocycles. The highest BCUT2D eigenvalue weighted by Crippen LogP contribution is 2.32. The molecule has 0 spiro atoms. The third-order valence-corrected chi connectivity index (χ3v) is 2.87. The van der Waals surface area contributed by atoms with Crippen molar-refractivity contribution in [2.24, 2.45) is 7.05 Å². The summed E-state index contributed by atoms with van der Waals surface area (Å²) < 4.78 is 7.22. The van der Waals surface area contributed by atoms with E-state index >= 15 is 0 Å². The smallest absolute Gasteiger partial charge is 0.235 e. The van der Waals surface area contributed by atoms with E-state index in [0.29, 0.717) is 27.9 Å². The second kappa shape index (κ2) is 4.71. The summed E-state index contributed by atoms with van der Waals surface area (Å²) in [5, 5.41) is 13.8. The van der Waals surface area contributed by atoms with Gasteiger partial charge in [0.15, 0.2) is 0 Å². The molecule has 0 aliphatic heterocycles. The van der Waals surface area contributed by atoms with Crippen molar-refractivity contribution in [3.63, 3.8) is 0 Å². The van der Waals surface area contributed by atoms with Crippen molar-refractivity contribution in [2.75, 3.05) is 0 Å². The number of nitriles is 1. The fourth-order valence-corrected chi connectivity index (χ4v) is 1.95. The molecule has 0 unspecified atom stereocenters. The molecule has 92 valence electrons. The van der Waals surface area contributed by atoms with Crippen molar-refractivity contribution in [1.29, 1.82) is 5.26 Å². The highest BCUT2D eigenvalue weighted by atomic mass is 35.5. The van der Waals surface area contributed by atoms with Gasteiger partial charge in [0, 0.05) is 7.05 Å². The SMILES string of the molecule is Cc1ccc(Oc2c(C#N)c(C)nn2C)c(Cl)c1. The maximum absolute atomic E-state index is 9.09. The van der Waals surface area contributed by atoms with Crippen LogP contribution in [-0.2, 0) is 7.05 Å². The van der Waals surface area contributed by atoms with Gasteiger partial charge in [0.2, 0.25) is 5.88 Å². The van der Waals surface area contributed by atoms with E-state index in [4.69, 9.17) is 21.6 Å². The van der Waals surface area contributed by atoms with Crippen LogP contribution in [0.25, 0.3) is 0 Å². The van der Waals surface area contributed by atoms with Crippen LogP contribution in [0, 0.1) is 25.2 Å². The fraction of sp³-hybridized carbons (Fsp3) is 0.231. The largest absolute Gasteiger partial charge is 0.436 e. The number of halogens is 1. The minimum atomic E-state index is 0.403. The molecule has 0 radical (unpaired) electrons. The minimum absolute atomic E-state index is 0.403. The first-order valence-corrected chi connectivity index (χ1v) is 5.78. The molecule has 1 heterocycles. The van der Waals surface area contributed by atoms with Gasteiger partial charge in [-0.2, -0.15) is 10.4 Å². The molecule has 2 rings (SSSR count). The maximum atomic E-state index is 9.09. The van der Waals surface area contributed by atoms with Gasteiger partial charge in [-0.3, -0.25) is 0 Å². The average molecular weight is 262 g/mol. The Morgan fingerprint density at radius 2 is 2.11 bits per heavy atom. The summed E-state index contributed by atoms with van der Waals surface area (Å²) in [4.78, 5) is 0.